The number of hydrogen-bond donors (Lipinski definition) is 0. The zero-order chi connectivity index (χ0) is 15.8. The smallest absolute Gasteiger partial charge is 0.290 e. The number of pyridine rings is 1. The minimum Gasteiger partial charge on any atom is -0.356 e. The van der Waals surface area contributed by atoms with Gasteiger partial charge in [-0.25, -0.2) is 13.4 Å². The fourth-order valence-electron chi connectivity index (χ4n) is 2.31. The second kappa shape index (κ2) is 5.25. The Kier molecular flexibility index (Phi) is 3.92. The van der Waals surface area contributed by atoms with Crippen LogP contribution in [0.4, 0.5) is 11.5 Å². The van der Waals surface area contributed by atoms with Crippen LogP contribution in [-0.4, -0.2) is 41.9 Å². The van der Waals surface area contributed by atoms with Crippen LogP contribution in [0.1, 0.15) is 25.8 Å². The minimum absolute atomic E-state index is 0.0264. The quantitative estimate of drug-likeness (QED) is 0.609. The predicted octanol–water partition coefficient (Wildman–Crippen LogP) is 1.70. The van der Waals surface area contributed by atoms with Crippen molar-refractivity contribution in [2.45, 2.75) is 31.9 Å². The monoisotopic (exact) mass is 313 g/mol. The van der Waals surface area contributed by atoms with Crippen molar-refractivity contribution in [2.24, 2.45) is 0 Å². The van der Waals surface area contributed by atoms with Crippen LogP contribution in [0.15, 0.2) is 12.3 Å². The topological polar surface area (TPSA) is 93.4 Å². The summed E-state index contributed by atoms with van der Waals surface area (Å²) in [5.74, 6) is 0.656. The predicted molar refractivity (Wildman–Crippen MR) is 80.3 cm³/mol. The molecule has 0 radical (unpaired) electrons. The number of nitro groups is 1. The Morgan fingerprint density at radius 3 is 2.62 bits per heavy atom. The van der Waals surface area contributed by atoms with Gasteiger partial charge in [0.25, 0.3) is 5.69 Å². The second-order valence-electron chi connectivity index (χ2n) is 5.90. The van der Waals surface area contributed by atoms with E-state index in [2.05, 4.69) is 4.98 Å². The van der Waals surface area contributed by atoms with Crippen molar-refractivity contribution in [3.63, 3.8) is 0 Å². The van der Waals surface area contributed by atoms with Crippen LogP contribution >= 0.6 is 0 Å². The lowest BCUT2D eigenvalue weighted by molar-refractivity contribution is -0.385. The maximum Gasteiger partial charge on any atom is 0.290 e. The van der Waals surface area contributed by atoms with E-state index in [1.165, 1.54) is 6.20 Å². The van der Waals surface area contributed by atoms with E-state index >= 15 is 0 Å². The third-order valence-electron chi connectivity index (χ3n) is 4.05. The summed E-state index contributed by atoms with van der Waals surface area (Å²) in [6.45, 7) is 6.05. The van der Waals surface area contributed by atoms with E-state index in [1.807, 2.05) is 4.90 Å². The Hall–Kier alpha value is -1.70. The molecule has 1 saturated heterocycles. The zero-order valence-corrected chi connectivity index (χ0v) is 13.2. The van der Waals surface area contributed by atoms with Gasteiger partial charge in [0.2, 0.25) is 0 Å². The van der Waals surface area contributed by atoms with Gasteiger partial charge in [-0.05, 0) is 33.3 Å². The summed E-state index contributed by atoms with van der Waals surface area (Å²) in [5, 5.41) is 10.8. The maximum atomic E-state index is 12.2. The molecule has 21 heavy (non-hydrogen) atoms. The Bertz CT molecular complexity index is 670. The summed E-state index contributed by atoms with van der Waals surface area (Å²) < 4.78 is 23.6. The lowest BCUT2D eigenvalue weighted by Gasteiger charge is -2.23. The highest BCUT2D eigenvalue weighted by molar-refractivity contribution is 7.92. The van der Waals surface area contributed by atoms with Gasteiger partial charge >= 0.3 is 0 Å². The summed E-state index contributed by atoms with van der Waals surface area (Å²) in [4.78, 5) is 16.3. The Morgan fingerprint density at radius 1 is 1.38 bits per heavy atom. The minimum atomic E-state index is -3.15. The van der Waals surface area contributed by atoms with Gasteiger partial charge in [0.15, 0.2) is 9.84 Å². The van der Waals surface area contributed by atoms with E-state index in [0.717, 1.165) is 0 Å². The molecule has 0 unspecified atom stereocenters. The SMILES string of the molecule is Cc1cc(N2CCC(C)(C)S(=O)(=O)CC2)ncc1[N+](=O)[O-]. The van der Waals surface area contributed by atoms with E-state index in [9.17, 15) is 18.5 Å². The molecule has 0 atom stereocenters. The molecular formula is C13H19N3O4S. The molecule has 1 aliphatic heterocycles. The molecule has 1 aliphatic rings. The number of rotatable bonds is 2. The third kappa shape index (κ3) is 2.99. The normalized spacial score (nSPS) is 20.8. The summed E-state index contributed by atoms with van der Waals surface area (Å²) in [7, 11) is -3.15. The lowest BCUT2D eigenvalue weighted by atomic mass is 10.1. The molecule has 0 amide bonds. The highest BCUT2D eigenvalue weighted by atomic mass is 32.2. The average molecular weight is 313 g/mol. The van der Waals surface area contributed by atoms with Crippen molar-refractivity contribution in [1.29, 1.82) is 0 Å². The molecule has 0 aromatic carbocycles. The molecule has 1 fully saturated rings. The van der Waals surface area contributed by atoms with Crippen molar-refractivity contribution < 1.29 is 13.3 Å². The molecule has 1 aromatic rings. The van der Waals surface area contributed by atoms with Gasteiger partial charge in [0.05, 0.1) is 15.4 Å². The Morgan fingerprint density at radius 2 is 2.05 bits per heavy atom. The molecule has 2 rings (SSSR count). The van der Waals surface area contributed by atoms with E-state index in [4.69, 9.17) is 0 Å². The molecular weight excluding hydrogens is 294 g/mol. The maximum absolute atomic E-state index is 12.2. The lowest BCUT2D eigenvalue weighted by Crippen LogP contribution is -2.33. The standard InChI is InChI=1S/C13H19N3O4S/c1-10-8-12(14-9-11(10)16(17)18)15-5-4-13(2,3)21(19,20)7-6-15/h8-9H,4-7H2,1-3H3. The largest absolute Gasteiger partial charge is 0.356 e. The first-order valence-corrected chi connectivity index (χ1v) is 8.37. The van der Waals surface area contributed by atoms with Gasteiger partial charge in [-0.3, -0.25) is 10.1 Å². The third-order valence-corrected chi connectivity index (χ3v) is 6.65. The van der Waals surface area contributed by atoms with Crippen LogP contribution in [0.25, 0.3) is 0 Å². The molecule has 116 valence electrons. The van der Waals surface area contributed by atoms with Crippen LogP contribution in [0.3, 0.4) is 0 Å². The molecule has 0 N–H and O–H groups in total. The van der Waals surface area contributed by atoms with Crippen molar-refractivity contribution in [2.75, 3.05) is 23.7 Å². The summed E-state index contributed by atoms with van der Waals surface area (Å²) in [6, 6.07) is 1.64. The van der Waals surface area contributed by atoms with Crippen molar-refractivity contribution >= 4 is 21.3 Å². The number of aromatic nitrogens is 1. The fraction of sp³-hybridized carbons (Fsp3) is 0.615. The van der Waals surface area contributed by atoms with Crippen molar-refractivity contribution in [3.05, 3.63) is 27.9 Å². The van der Waals surface area contributed by atoms with E-state index in [0.29, 0.717) is 30.9 Å². The van der Waals surface area contributed by atoms with Gasteiger partial charge < -0.3 is 4.90 Å². The number of nitrogens with zero attached hydrogens (tertiary/aromatic N) is 3. The first-order chi connectivity index (χ1) is 9.64. The second-order valence-corrected chi connectivity index (χ2v) is 8.64. The molecule has 2 heterocycles. The number of hydrogen-bond acceptors (Lipinski definition) is 6. The molecule has 1 aromatic heterocycles. The number of anilines is 1. The molecule has 8 heteroatoms. The van der Waals surface area contributed by atoms with Crippen LogP contribution in [0.5, 0.6) is 0 Å². The highest BCUT2D eigenvalue weighted by Crippen LogP contribution is 2.28. The first-order valence-electron chi connectivity index (χ1n) is 6.72. The summed E-state index contributed by atoms with van der Waals surface area (Å²) >= 11 is 0. The van der Waals surface area contributed by atoms with Gasteiger partial charge in [-0.15, -0.1) is 0 Å². The van der Waals surface area contributed by atoms with Gasteiger partial charge in [0.1, 0.15) is 12.0 Å². The molecule has 0 spiro atoms. The van der Waals surface area contributed by atoms with Crippen molar-refractivity contribution in [3.8, 4) is 0 Å². The summed E-state index contributed by atoms with van der Waals surface area (Å²) in [5.41, 5.74) is 0.498. The van der Waals surface area contributed by atoms with E-state index in [-0.39, 0.29) is 11.4 Å². The Balaban J connectivity index is 2.28. The van der Waals surface area contributed by atoms with Gasteiger partial charge in [-0.2, -0.15) is 0 Å². The molecule has 7 nitrogen and oxygen atoms in total. The zero-order valence-electron chi connectivity index (χ0n) is 12.4. The van der Waals surface area contributed by atoms with Crippen LogP contribution in [-0.2, 0) is 9.84 Å². The number of aryl methyl sites for hydroxylation is 1. The van der Waals surface area contributed by atoms with Crippen molar-refractivity contribution in [1.82, 2.24) is 4.98 Å². The highest BCUT2D eigenvalue weighted by Gasteiger charge is 2.37. The molecule has 0 aliphatic carbocycles. The van der Waals surface area contributed by atoms with Crippen LogP contribution in [0.2, 0.25) is 0 Å². The summed E-state index contributed by atoms with van der Waals surface area (Å²) in [6.07, 6.45) is 1.74. The van der Waals surface area contributed by atoms with Crippen LogP contribution in [0, 0.1) is 17.0 Å². The van der Waals surface area contributed by atoms with Gasteiger partial charge in [-0.1, -0.05) is 0 Å². The first kappa shape index (κ1) is 15.7. The Labute approximate surface area is 124 Å². The fourth-order valence-corrected chi connectivity index (χ4v) is 3.72. The molecule has 0 saturated carbocycles. The van der Waals surface area contributed by atoms with Gasteiger partial charge in [0, 0.05) is 18.7 Å². The van der Waals surface area contributed by atoms with E-state index < -0.39 is 19.5 Å². The van der Waals surface area contributed by atoms with E-state index in [1.54, 1.807) is 26.8 Å². The number of sulfone groups is 1. The average Bonchev–Trinajstić information content (AvgIpc) is 2.47. The van der Waals surface area contributed by atoms with Crippen LogP contribution < -0.4 is 4.90 Å². The molecule has 0 bridgehead atoms.